The van der Waals surface area contributed by atoms with Gasteiger partial charge in [-0.05, 0) is 57.0 Å². The highest BCUT2D eigenvalue weighted by Gasteiger charge is 2.29. The lowest BCUT2D eigenvalue weighted by Gasteiger charge is -2.32. The molecule has 2 fully saturated rings. The zero-order valence-electron chi connectivity index (χ0n) is 14.3. The summed E-state index contributed by atoms with van der Waals surface area (Å²) in [6.45, 7) is 1.60. The molecule has 0 radical (unpaired) electrons. The van der Waals surface area contributed by atoms with E-state index < -0.39 is 0 Å². The molecule has 4 rings (SSSR count). The number of nitrogens with one attached hydrogen (secondary N) is 1. The van der Waals surface area contributed by atoms with E-state index in [1.165, 1.54) is 0 Å². The standard InChI is InChI=1S/C18H22N4O2.ClH/c1-19-15-3-2-10-22(11-15)18(23)14-8-6-13(7-9-14)17-20-16(21-24-17)12-4-5-12;/h6-9,12,15,19H,2-5,10-11H2,1H3;1H. The normalized spacial score (nSPS) is 20.2. The number of likely N-dealkylation sites (tertiary alicyclic amines) is 1. The molecule has 25 heavy (non-hydrogen) atoms. The van der Waals surface area contributed by atoms with Crippen molar-refractivity contribution in [3.05, 3.63) is 35.7 Å². The summed E-state index contributed by atoms with van der Waals surface area (Å²) in [7, 11) is 1.95. The zero-order chi connectivity index (χ0) is 16.5. The van der Waals surface area contributed by atoms with Crippen molar-refractivity contribution in [1.29, 1.82) is 0 Å². The third-order valence-corrected chi connectivity index (χ3v) is 4.88. The fourth-order valence-electron chi connectivity index (χ4n) is 3.19. The molecule has 1 saturated heterocycles. The average Bonchev–Trinajstić information content (AvgIpc) is 3.38. The molecule has 6 nitrogen and oxygen atoms in total. The Labute approximate surface area is 153 Å². The number of hydrogen-bond donors (Lipinski definition) is 1. The topological polar surface area (TPSA) is 71.3 Å². The number of benzene rings is 1. The minimum absolute atomic E-state index is 0. The maximum atomic E-state index is 12.7. The second-order valence-corrected chi connectivity index (χ2v) is 6.69. The molecule has 134 valence electrons. The molecule has 7 heteroatoms. The van der Waals surface area contributed by atoms with Gasteiger partial charge < -0.3 is 14.7 Å². The van der Waals surface area contributed by atoms with Crippen LogP contribution in [0.2, 0.25) is 0 Å². The number of rotatable bonds is 4. The smallest absolute Gasteiger partial charge is 0.257 e. The van der Waals surface area contributed by atoms with Crippen LogP contribution in [-0.2, 0) is 0 Å². The highest BCUT2D eigenvalue weighted by atomic mass is 35.5. The lowest BCUT2D eigenvalue weighted by atomic mass is 10.0. The molecule has 1 unspecified atom stereocenters. The SMILES string of the molecule is CNC1CCCN(C(=O)c2ccc(-c3nc(C4CC4)no3)cc2)C1.Cl. The highest BCUT2D eigenvalue weighted by Crippen LogP contribution is 2.38. The largest absolute Gasteiger partial charge is 0.337 e. The van der Waals surface area contributed by atoms with Crippen molar-refractivity contribution in [2.24, 2.45) is 0 Å². The molecule has 2 aliphatic rings. The van der Waals surface area contributed by atoms with Gasteiger partial charge in [0.2, 0.25) is 0 Å². The number of carbonyl (C=O) groups excluding carboxylic acids is 1. The molecule has 1 aliphatic heterocycles. The van der Waals surface area contributed by atoms with Gasteiger partial charge in [-0.25, -0.2) is 0 Å². The Hall–Kier alpha value is -1.92. The molecule has 1 N–H and O–H groups in total. The Balaban J connectivity index is 0.00000182. The van der Waals surface area contributed by atoms with Crippen LogP contribution in [-0.4, -0.2) is 47.1 Å². The van der Waals surface area contributed by atoms with Gasteiger partial charge in [-0.1, -0.05) is 5.16 Å². The molecule has 0 spiro atoms. The molecule has 1 aliphatic carbocycles. The van der Waals surface area contributed by atoms with Gasteiger partial charge in [0.05, 0.1) is 0 Å². The second kappa shape index (κ2) is 7.54. The molecular weight excluding hydrogens is 340 g/mol. The van der Waals surface area contributed by atoms with E-state index in [0.717, 1.165) is 50.2 Å². The number of carbonyl (C=O) groups is 1. The third-order valence-electron chi connectivity index (χ3n) is 4.88. The van der Waals surface area contributed by atoms with Crippen molar-refractivity contribution in [1.82, 2.24) is 20.4 Å². The minimum atomic E-state index is 0. The van der Waals surface area contributed by atoms with E-state index in [2.05, 4.69) is 15.5 Å². The van der Waals surface area contributed by atoms with Crippen LogP contribution in [0.3, 0.4) is 0 Å². The summed E-state index contributed by atoms with van der Waals surface area (Å²) in [5, 5.41) is 7.30. The number of halogens is 1. The van der Waals surface area contributed by atoms with E-state index >= 15 is 0 Å². The summed E-state index contributed by atoms with van der Waals surface area (Å²) in [6.07, 6.45) is 4.46. The van der Waals surface area contributed by atoms with Crippen molar-refractivity contribution in [3.63, 3.8) is 0 Å². The van der Waals surface area contributed by atoms with Crippen molar-refractivity contribution < 1.29 is 9.32 Å². The predicted molar refractivity (Wildman–Crippen MR) is 96.9 cm³/mol. The van der Waals surface area contributed by atoms with Crippen LogP contribution in [0.15, 0.2) is 28.8 Å². The quantitative estimate of drug-likeness (QED) is 0.905. The van der Waals surface area contributed by atoms with E-state index in [0.29, 0.717) is 23.4 Å². The first-order valence-electron chi connectivity index (χ1n) is 8.65. The van der Waals surface area contributed by atoms with E-state index in [1.54, 1.807) is 0 Å². The van der Waals surface area contributed by atoms with Gasteiger partial charge in [0, 0.05) is 36.2 Å². The van der Waals surface area contributed by atoms with Gasteiger partial charge in [0.1, 0.15) is 0 Å². The van der Waals surface area contributed by atoms with Crippen LogP contribution in [0.5, 0.6) is 0 Å². The van der Waals surface area contributed by atoms with Crippen LogP contribution >= 0.6 is 12.4 Å². The third kappa shape index (κ3) is 3.85. The Morgan fingerprint density at radius 3 is 2.68 bits per heavy atom. The fraction of sp³-hybridized carbons (Fsp3) is 0.500. The Kier molecular flexibility index (Phi) is 5.39. The molecule has 1 atom stereocenters. The molecule has 2 aromatic rings. The van der Waals surface area contributed by atoms with Crippen molar-refractivity contribution in [2.75, 3.05) is 20.1 Å². The number of piperidine rings is 1. The molecule has 1 aromatic carbocycles. The fourth-order valence-corrected chi connectivity index (χ4v) is 3.19. The van der Waals surface area contributed by atoms with Gasteiger partial charge >= 0.3 is 0 Å². The molecule has 0 bridgehead atoms. The van der Waals surface area contributed by atoms with Gasteiger partial charge in [-0.15, -0.1) is 12.4 Å². The number of aromatic nitrogens is 2. The maximum absolute atomic E-state index is 12.7. The van der Waals surface area contributed by atoms with Crippen LogP contribution in [0.1, 0.15) is 47.8 Å². The van der Waals surface area contributed by atoms with Gasteiger partial charge in [0.15, 0.2) is 5.82 Å². The lowest BCUT2D eigenvalue weighted by molar-refractivity contribution is 0.0698. The molecule has 1 saturated carbocycles. The van der Waals surface area contributed by atoms with Crippen LogP contribution in [0.4, 0.5) is 0 Å². The van der Waals surface area contributed by atoms with E-state index in [9.17, 15) is 4.79 Å². The summed E-state index contributed by atoms with van der Waals surface area (Å²) in [5.41, 5.74) is 1.56. The second-order valence-electron chi connectivity index (χ2n) is 6.69. The molecule has 2 heterocycles. The van der Waals surface area contributed by atoms with Crippen LogP contribution in [0.25, 0.3) is 11.5 Å². The van der Waals surface area contributed by atoms with Crippen LogP contribution < -0.4 is 5.32 Å². The summed E-state index contributed by atoms with van der Waals surface area (Å²) in [5.74, 6) is 1.90. The van der Waals surface area contributed by atoms with Gasteiger partial charge in [-0.3, -0.25) is 4.79 Å². The maximum Gasteiger partial charge on any atom is 0.257 e. The Bertz CT molecular complexity index is 727. The van der Waals surface area contributed by atoms with Crippen molar-refractivity contribution >= 4 is 18.3 Å². The summed E-state index contributed by atoms with van der Waals surface area (Å²) in [4.78, 5) is 19.0. The van der Waals surface area contributed by atoms with Crippen molar-refractivity contribution in [2.45, 2.75) is 37.6 Å². The van der Waals surface area contributed by atoms with Gasteiger partial charge in [-0.2, -0.15) is 4.98 Å². The molecule has 1 aromatic heterocycles. The van der Waals surface area contributed by atoms with Crippen LogP contribution in [0, 0.1) is 0 Å². The van der Waals surface area contributed by atoms with E-state index in [1.807, 2.05) is 36.2 Å². The zero-order valence-corrected chi connectivity index (χ0v) is 15.1. The molecular formula is C18H23ClN4O2. The van der Waals surface area contributed by atoms with E-state index in [4.69, 9.17) is 4.52 Å². The number of amides is 1. The highest BCUT2D eigenvalue weighted by molar-refractivity contribution is 5.94. The predicted octanol–water partition coefficient (Wildman–Crippen LogP) is 2.86. The Morgan fingerprint density at radius 2 is 2.00 bits per heavy atom. The molecule has 1 amide bonds. The number of nitrogens with zero attached hydrogens (tertiary/aromatic N) is 3. The summed E-state index contributed by atoms with van der Waals surface area (Å²) in [6, 6.07) is 7.86. The number of likely N-dealkylation sites (N-methyl/N-ethyl adjacent to an activating group) is 1. The first-order valence-corrected chi connectivity index (χ1v) is 8.65. The average molecular weight is 363 g/mol. The summed E-state index contributed by atoms with van der Waals surface area (Å²) >= 11 is 0. The monoisotopic (exact) mass is 362 g/mol. The first kappa shape index (κ1) is 17.9. The Morgan fingerprint density at radius 1 is 1.24 bits per heavy atom. The van der Waals surface area contributed by atoms with Crippen molar-refractivity contribution in [3.8, 4) is 11.5 Å². The number of hydrogen-bond acceptors (Lipinski definition) is 5. The van der Waals surface area contributed by atoms with E-state index in [-0.39, 0.29) is 18.3 Å². The summed E-state index contributed by atoms with van der Waals surface area (Å²) < 4.78 is 5.33. The lowest BCUT2D eigenvalue weighted by Crippen LogP contribution is -2.46. The van der Waals surface area contributed by atoms with Gasteiger partial charge in [0.25, 0.3) is 11.8 Å². The minimum Gasteiger partial charge on any atom is -0.337 e. The first-order chi connectivity index (χ1) is 11.7.